The molecule has 0 spiro atoms. The van der Waals surface area contributed by atoms with Crippen molar-refractivity contribution in [3.05, 3.63) is 47.0 Å². The van der Waals surface area contributed by atoms with Crippen molar-refractivity contribution in [1.82, 2.24) is 14.5 Å². The number of carbonyl (C=O) groups excluding carboxylic acids is 1. The fourth-order valence-corrected chi connectivity index (χ4v) is 3.42. The predicted molar refractivity (Wildman–Crippen MR) is 78.3 cm³/mol. The minimum Gasteiger partial charge on any atom is -0.476 e. The molecule has 0 unspecified atom stereocenters. The Labute approximate surface area is 127 Å². The molecule has 3 heterocycles. The van der Waals surface area contributed by atoms with Gasteiger partial charge in [0.2, 0.25) is 0 Å². The first-order valence-electron chi connectivity index (χ1n) is 7.37. The zero-order valence-electron chi connectivity index (χ0n) is 12.1. The van der Waals surface area contributed by atoms with Crippen LogP contribution in [0, 0.1) is 0 Å². The van der Waals surface area contributed by atoms with Crippen LogP contribution in [-0.4, -0.2) is 38.0 Å². The smallest absolute Gasteiger partial charge is 0.356 e. The summed E-state index contributed by atoms with van der Waals surface area (Å²) in [6.07, 6.45) is 3.04. The van der Waals surface area contributed by atoms with E-state index in [4.69, 9.17) is 0 Å². The largest absolute Gasteiger partial charge is 0.476 e. The van der Waals surface area contributed by atoms with Crippen LogP contribution in [0.15, 0.2) is 24.5 Å². The number of hydrogen-bond donors (Lipinski definition) is 1. The first-order chi connectivity index (χ1) is 10.6. The summed E-state index contributed by atoms with van der Waals surface area (Å²) in [5.74, 6) is -1.06. The molecular formula is C16H15N3O3. The molecule has 22 heavy (non-hydrogen) atoms. The van der Waals surface area contributed by atoms with E-state index >= 15 is 0 Å². The van der Waals surface area contributed by atoms with Gasteiger partial charge in [-0.15, -0.1) is 0 Å². The van der Waals surface area contributed by atoms with Gasteiger partial charge >= 0.3 is 5.97 Å². The number of amides is 1. The number of aromatic nitrogens is 2. The van der Waals surface area contributed by atoms with Crippen LogP contribution in [0.5, 0.6) is 0 Å². The second kappa shape index (κ2) is 4.43. The standard InChI is InChI=1S/C16H15N3O3/c1-2-9-4-3-5-10-12(9)15(20)18-7-6-11(18)14-13(16(21)22)17-8-19(10)14/h3-5,8,11H,2,6-7H2,1H3,(H,21,22)/t11-/m0/s1. The third-order valence-electron chi connectivity index (χ3n) is 4.59. The van der Waals surface area contributed by atoms with Crippen molar-refractivity contribution in [2.75, 3.05) is 6.54 Å². The molecule has 2 aliphatic rings. The van der Waals surface area contributed by atoms with Crippen molar-refractivity contribution in [3.63, 3.8) is 0 Å². The van der Waals surface area contributed by atoms with E-state index in [0.29, 0.717) is 17.8 Å². The molecule has 2 aromatic rings. The first kappa shape index (κ1) is 13.1. The molecule has 112 valence electrons. The van der Waals surface area contributed by atoms with E-state index in [2.05, 4.69) is 4.98 Å². The number of benzene rings is 1. The molecule has 6 heteroatoms. The number of imidazole rings is 1. The highest BCUT2D eigenvalue weighted by Crippen LogP contribution is 2.41. The quantitative estimate of drug-likeness (QED) is 0.920. The Hall–Kier alpha value is -2.63. The van der Waals surface area contributed by atoms with Gasteiger partial charge in [0.25, 0.3) is 5.91 Å². The maximum absolute atomic E-state index is 12.9. The van der Waals surface area contributed by atoms with Crippen LogP contribution in [0.1, 0.15) is 51.5 Å². The summed E-state index contributed by atoms with van der Waals surface area (Å²) in [6.45, 7) is 2.67. The molecule has 0 saturated carbocycles. The summed E-state index contributed by atoms with van der Waals surface area (Å²) in [5.41, 5.74) is 3.03. The molecule has 1 fully saturated rings. The number of carboxylic acids is 1. The maximum atomic E-state index is 12.9. The van der Waals surface area contributed by atoms with E-state index in [9.17, 15) is 14.7 Å². The summed E-state index contributed by atoms with van der Waals surface area (Å²) in [6, 6.07) is 5.51. The van der Waals surface area contributed by atoms with Gasteiger partial charge in [-0.25, -0.2) is 9.78 Å². The molecule has 1 N–H and O–H groups in total. The third-order valence-corrected chi connectivity index (χ3v) is 4.59. The molecule has 1 aromatic carbocycles. The van der Waals surface area contributed by atoms with Crippen LogP contribution >= 0.6 is 0 Å². The van der Waals surface area contributed by atoms with E-state index in [0.717, 1.165) is 24.1 Å². The molecule has 1 saturated heterocycles. The Bertz CT molecular complexity index is 809. The number of nitrogens with zero attached hydrogens (tertiary/aromatic N) is 3. The molecule has 0 aliphatic carbocycles. The van der Waals surface area contributed by atoms with Gasteiger partial charge in [0, 0.05) is 6.54 Å². The summed E-state index contributed by atoms with van der Waals surface area (Å²) < 4.78 is 1.78. The van der Waals surface area contributed by atoms with Crippen molar-refractivity contribution in [2.24, 2.45) is 0 Å². The first-order valence-corrected chi connectivity index (χ1v) is 7.37. The van der Waals surface area contributed by atoms with Gasteiger partial charge in [0.1, 0.15) is 6.33 Å². The lowest BCUT2D eigenvalue weighted by Gasteiger charge is -2.39. The van der Waals surface area contributed by atoms with E-state index in [1.165, 1.54) is 6.33 Å². The Morgan fingerprint density at radius 1 is 1.45 bits per heavy atom. The number of aryl methyl sites for hydroxylation is 1. The Balaban J connectivity index is 2.05. The Morgan fingerprint density at radius 2 is 2.27 bits per heavy atom. The minimum atomic E-state index is -1.05. The average molecular weight is 297 g/mol. The zero-order valence-corrected chi connectivity index (χ0v) is 12.1. The summed E-state index contributed by atoms with van der Waals surface area (Å²) in [4.78, 5) is 30.1. The SMILES string of the molecule is CCc1cccc2c1C(=O)N1CC[C@H]1c1c(C(=O)O)ncn1-2. The molecular weight excluding hydrogens is 282 g/mol. The van der Waals surface area contributed by atoms with Crippen LogP contribution in [0.2, 0.25) is 0 Å². The number of aromatic carboxylic acids is 1. The molecule has 1 atom stereocenters. The third kappa shape index (κ3) is 1.52. The van der Waals surface area contributed by atoms with Gasteiger partial charge in [0.15, 0.2) is 5.69 Å². The van der Waals surface area contributed by atoms with Gasteiger partial charge in [-0.2, -0.15) is 0 Å². The zero-order chi connectivity index (χ0) is 15.4. The van der Waals surface area contributed by atoms with Crippen molar-refractivity contribution in [1.29, 1.82) is 0 Å². The Morgan fingerprint density at radius 3 is 2.91 bits per heavy atom. The topological polar surface area (TPSA) is 75.4 Å². The maximum Gasteiger partial charge on any atom is 0.356 e. The van der Waals surface area contributed by atoms with Crippen LogP contribution in [0.3, 0.4) is 0 Å². The second-order valence-corrected chi connectivity index (χ2v) is 5.62. The molecule has 1 aromatic heterocycles. The van der Waals surface area contributed by atoms with Gasteiger partial charge in [0.05, 0.1) is 23.0 Å². The number of carbonyl (C=O) groups is 2. The minimum absolute atomic E-state index is 0.0104. The molecule has 0 bridgehead atoms. The molecule has 2 aliphatic heterocycles. The summed E-state index contributed by atoms with van der Waals surface area (Å²) in [5, 5.41) is 9.39. The highest BCUT2D eigenvalue weighted by atomic mass is 16.4. The van der Waals surface area contributed by atoms with Crippen LogP contribution in [-0.2, 0) is 6.42 Å². The summed E-state index contributed by atoms with van der Waals surface area (Å²) >= 11 is 0. The molecule has 6 nitrogen and oxygen atoms in total. The van der Waals surface area contributed by atoms with Crippen molar-refractivity contribution in [2.45, 2.75) is 25.8 Å². The van der Waals surface area contributed by atoms with Crippen LogP contribution in [0.25, 0.3) is 5.69 Å². The molecule has 4 rings (SSSR count). The second-order valence-electron chi connectivity index (χ2n) is 5.62. The van der Waals surface area contributed by atoms with Crippen LogP contribution < -0.4 is 0 Å². The predicted octanol–water partition coefficient (Wildman–Crippen LogP) is 2.03. The van der Waals surface area contributed by atoms with E-state index < -0.39 is 5.97 Å². The highest BCUT2D eigenvalue weighted by Gasteiger charge is 2.43. The fraction of sp³-hybridized carbons (Fsp3) is 0.312. The van der Waals surface area contributed by atoms with Crippen molar-refractivity contribution < 1.29 is 14.7 Å². The normalized spacial score (nSPS) is 18.9. The monoisotopic (exact) mass is 297 g/mol. The lowest BCUT2D eigenvalue weighted by molar-refractivity contribution is 0.0448. The lowest BCUT2D eigenvalue weighted by Crippen LogP contribution is -2.45. The van der Waals surface area contributed by atoms with Crippen LogP contribution in [0.4, 0.5) is 0 Å². The number of carboxylic acid groups (broad SMARTS) is 1. The average Bonchev–Trinajstić information content (AvgIpc) is 2.86. The highest BCUT2D eigenvalue weighted by molar-refractivity contribution is 6.01. The van der Waals surface area contributed by atoms with Crippen molar-refractivity contribution in [3.8, 4) is 5.69 Å². The van der Waals surface area contributed by atoms with E-state index in [1.54, 1.807) is 9.47 Å². The van der Waals surface area contributed by atoms with Gasteiger partial charge < -0.3 is 10.0 Å². The van der Waals surface area contributed by atoms with Gasteiger partial charge in [-0.3, -0.25) is 9.36 Å². The van der Waals surface area contributed by atoms with Crippen molar-refractivity contribution >= 4 is 11.9 Å². The Kier molecular flexibility index (Phi) is 2.63. The van der Waals surface area contributed by atoms with E-state index in [-0.39, 0.29) is 17.6 Å². The number of rotatable bonds is 2. The number of hydrogen-bond acceptors (Lipinski definition) is 3. The summed E-state index contributed by atoms with van der Waals surface area (Å²) in [7, 11) is 0. The lowest BCUT2D eigenvalue weighted by atomic mass is 9.96. The van der Waals surface area contributed by atoms with E-state index in [1.807, 2.05) is 25.1 Å². The fourth-order valence-electron chi connectivity index (χ4n) is 3.42. The number of fused-ring (bicyclic) bond motifs is 5. The molecule has 1 amide bonds. The van der Waals surface area contributed by atoms with Gasteiger partial charge in [-0.05, 0) is 24.5 Å². The van der Waals surface area contributed by atoms with Gasteiger partial charge in [-0.1, -0.05) is 19.1 Å². The molecule has 0 radical (unpaired) electrons.